The molecule has 0 spiro atoms. The number of methoxy groups -OCH3 is 1. The zero-order valence-corrected chi connectivity index (χ0v) is 28.2. The van der Waals surface area contributed by atoms with Gasteiger partial charge in [0.2, 0.25) is 11.0 Å². The van der Waals surface area contributed by atoms with E-state index < -0.39 is 32.0 Å². The van der Waals surface area contributed by atoms with Gasteiger partial charge < -0.3 is 25.2 Å². The Hall–Kier alpha value is -1.68. The van der Waals surface area contributed by atoms with Crippen LogP contribution in [0.1, 0.15) is 69.3 Å². The first-order valence-electron chi connectivity index (χ1n) is 14.3. The highest BCUT2D eigenvalue weighted by atomic mass is 35.5. The van der Waals surface area contributed by atoms with E-state index >= 15 is 0 Å². The lowest BCUT2D eigenvalue weighted by Gasteiger charge is -2.37. The van der Waals surface area contributed by atoms with Crippen molar-refractivity contribution < 1.29 is 37.9 Å². The number of rotatable bonds is 16. The fourth-order valence-corrected chi connectivity index (χ4v) is 6.74. The van der Waals surface area contributed by atoms with Crippen molar-refractivity contribution in [1.82, 2.24) is 25.1 Å². The summed E-state index contributed by atoms with van der Waals surface area (Å²) in [5.41, 5.74) is -0.998. The summed E-state index contributed by atoms with van der Waals surface area (Å²) in [6.07, 6.45) is 0.574. The maximum Gasteiger partial charge on any atom is 0.476 e. The van der Waals surface area contributed by atoms with Crippen LogP contribution in [-0.4, -0.2) is 88.0 Å². The van der Waals surface area contributed by atoms with Gasteiger partial charge in [0.15, 0.2) is 5.01 Å². The second-order valence-corrected chi connectivity index (χ2v) is 14.4. The lowest BCUT2D eigenvalue weighted by molar-refractivity contribution is -0.00295. The van der Waals surface area contributed by atoms with Crippen LogP contribution in [0.4, 0.5) is 5.13 Å². The molecule has 0 radical (unpaired) electrons. The van der Waals surface area contributed by atoms with E-state index in [0.29, 0.717) is 41.8 Å². The number of anilines is 1. The van der Waals surface area contributed by atoms with Crippen molar-refractivity contribution in [2.45, 2.75) is 78.9 Å². The number of ether oxygens (including phenoxy) is 1. The van der Waals surface area contributed by atoms with Gasteiger partial charge in [-0.25, -0.2) is 9.55 Å². The van der Waals surface area contributed by atoms with Crippen LogP contribution in [0.3, 0.4) is 0 Å². The molecule has 2 aromatic heterocycles. The van der Waals surface area contributed by atoms with E-state index in [1.54, 1.807) is 7.11 Å². The second-order valence-electron chi connectivity index (χ2n) is 11.4. The summed E-state index contributed by atoms with van der Waals surface area (Å²) in [7, 11) is -2.40. The van der Waals surface area contributed by atoms with E-state index in [4.69, 9.17) is 29.9 Å². The summed E-state index contributed by atoms with van der Waals surface area (Å²) >= 11 is 7.77. The second kappa shape index (κ2) is 15.5. The maximum absolute atomic E-state index is 13.5. The number of hydrogen-bond donors (Lipinski definition) is 3. The number of aromatic nitrogens is 4. The first-order valence-corrected chi connectivity index (χ1v) is 16.9. The number of aliphatic hydroxyl groups is 2. The topological polar surface area (TPSA) is 170 Å². The van der Waals surface area contributed by atoms with Gasteiger partial charge in [-0.3, -0.25) is 22.9 Å². The molecule has 244 valence electrons. The molecule has 14 nitrogen and oxygen atoms in total. The summed E-state index contributed by atoms with van der Waals surface area (Å²) < 4.78 is 37.2. The highest BCUT2D eigenvalue weighted by Crippen LogP contribution is 2.50. The number of aryl methyl sites for hydroxylation is 1. The van der Waals surface area contributed by atoms with Crippen LogP contribution in [0.25, 0.3) is 0 Å². The number of amides is 1. The summed E-state index contributed by atoms with van der Waals surface area (Å²) in [4.78, 5) is 20.0. The van der Waals surface area contributed by atoms with E-state index in [0.717, 1.165) is 0 Å². The zero-order chi connectivity index (χ0) is 31.9. The van der Waals surface area contributed by atoms with Crippen molar-refractivity contribution in [2.24, 2.45) is 11.8 Å². The Kier molecular flexibility index (Phi) is 12.9. The molecule has 1 saturated heterocycles. The molecule has 1 unspecified atom stereocenters. The summed E-state index contributed by atoms with van der Waals surface area (Å²) in [6.45, 7) is 11.4. The zero-order valence-electron chi connectivity index (χ0n) is 25.8. The van der Waals surface area contributed by atoms with Crippen molar-refractivity contribution in [3.63, 3.8) is 0 Å². The average molecular weight is 667 g/mol. The third-order valence-corrected chi connectivity index (χ3v) is 9.64. The van der Waals surface area contributed by atoms with Crippen LogP contribution < -0.4 is 10.2 Å². The van der Waals surface area contributed by atoms with Crippen molar-refractivity contribution in [2.75, 3.05) is 44.9 Å². The molecule has 1 aliphatic rings. The number of phosphoric acid groups is 1. The fourth-order valence-electron chi connectivity index (χ4n) is 4.08. The lowest BCUT2D eigenvalue weighted by Crippen LogP contribution is -2.55. The van der Waals surface area contributed by atoms with Gasteiger partial charge in [-0.2, -0.15) is 0 Å². The van der Waals surface area contributed by atoms with Gasteiger partial charge in [0.25, 0.3) is 5.91 Å². The fraction of sp³-hybridized carbons (Fsp3) is 0.769. The first-order chi connectivity index (χ1) is 20.2. The van der Waals surface area contributed by atoms with Crippen LogP contribution in [0.5, 0.6) is 0 Å². The Morgan fingerprint density at radius 1 is 1.21 bits per heavy atom. The Morgan fingerprint density at radius 3 is 2.42 bits per heavy atom. The SMILES string of the molecule is CCc1nc(C(=O)N[C@@H]2CCN(c3nnc(C(C)(O)CO)s3)C[C@@H]2OC)n(COP(=O)(OCC(C)C)OCC(C)C)c1Cl. The number of nitrogens with zero attached hydrogens (tertiary/aromatic N) is 5. The number of nitrogens with one attached hydrogen (secondary N) is 1. The molecule has 1 amide bonds. The Morgan fingerprint density at radius 2 is 1.86 bits per heavy atom. The van der Waals surface area contributed by atoms with E-state index in [2.05, 4.69) is 20.5 Å². The van der Waals surface area contributed by atoms with Gasteiger partial charge in [0.1, 0.15) is 17.5 Å². The average Bonchev–Trinajstić information content (AvgIpc) is 3.60. The number of piperidine rings is 1. The third kappa shape index (κ3) is 9.41. The highest BCUT2D eigenvalue weighted by Gasteiger charge is 2.36. The highest BCUT2D eigenvalue weighted by molar-refractivity contribution is 7.48. The lowest BCUT2D eigenvalue weighted by atomic mass is 10.0. The standard InChI is InChI=1S/C26H44ClN6O8PS/c1-8-18-21(27)33(15-41-42(37,39-12-16(2)3)40-13-17(4)5)22(28-18)23(35)29-19-9-10-32(11-20(19)38-7)25-31-30-24(43-25)26(6,36)14-34/h16-17,19-20,34,36H,8-15H2,1-7H3,(H,29,35)/t19-,20+,26?/m1/s1. The van der Waals surface area contributed by atoms with Gasteiger partial charge in [-0.05, 0) is 31.6 Å². The van der Waals surface area contributed by atoms with Crippen LogP contribution in [0.2, 0.25) is 5.15 Å². The summed E-state index contributed by atoms with van der Waals surface area (Å²) in [5.74, 6) is -0.315. The van der Waals surface area contributed by atoms with Crippen molar-refractivity contribution in [1.29, 1.82) is 0 Å². The molecule has 3 atom stereocenters. The maximum atomic E-state index is 13.5. The molecule has 0 aliphatic carbocycles. The van der Waals surface area contributed by atoms with Crippen LogP contribution in [0.15, 0.2) is 0 Å². The minimum atomic E-state index is -3.96. The van der Waals surface area contributed by atoms with E-state index in [1.807, 2.05) is 39.5 Å². The van der Waals surface area contributed by atoms with Crippen molar-refractivity contribution in [3.05, 3.63) is 21.7 Å². The molecule has 0 bridgehead atoms. The minimum absolute atomic E-state index is 0.00148. The molecule has 0 aromatic carbocycles. The molecule has 0 saturated carbocycles. The quantitative estimate of drug-likeness (QED) is 0.223. The Bertz CT molecular complexity index is 1240. The first kappa shape index (κ1) is 35.8. The monoisotopic (exact) mass is 666 g/mol. The number of hydrogen-bond acceptors (Lipinski definition) is 13. The van der Waals surface area contributed by atoms with Gasteiger partial charge >= 0.3 is 7.82 Å². The van der Waals surface area contributed by atoms with Gasteiger partial charge in [0.05, 0.1) is 37.7 Å². The predicted molar refractivity (Wildman–Crippen MR) is 162 cm³/mol. The molecular weight excluding hydrogens is 623 g/mol. The number of phosphoric ester groups is 1. The molecule has 1 aliphatic heterocycles. The minimum Gasteiger partial charge on any atom is -0.393 e. The number of carbonyl (C=O) groups is 1. The Balaban J connectivity index is 1.74. The molecule has 1 fully saturated rings. The van der Waals surface area contributed by atoms with Gasteiger partial charge in [-0.15, -0.1) is 10.2 Å². The Labute approximate surface area is 261 Å². The van der Waals surface area contributed by atoms with Gasteiger partial charge in [-0.1, -0.05) is 57.6 Å². The van der Waals surface area contributed by atoms with Crippen LogP contribution in [0, 0.1) is 11.8 Å². The summed E-state index contributed by atoms with van der Waals surface area (Å²) in [6, 6.07) is -0.369. The molecule has 43 heavy (non-hydrogen) atoms. The number of imidazole rings is 1. The number of aliphatic hydroxyl groups excluding tert-OH is 1. The molecule has 3 N–H and O–H groups in total. The normalized spacial score (nSPS) is 19.3. The van der Waals surface area contributed by atoms with E-state index in [1.165, 1.54) is 22.8 Å². The predicted octanol–water partition coefficient (Wildman–Crippen LogP) is 3.60. The number of carbonyl (C=O) groups excluding carboxylic acids is 1. The van der Waals surface area contributed by atoms with E-state index in [9.17, 15) is 19.6 Å². The molecule has 2 aromatic rings. The summed E-state index contributed by atoms with van der Waals surface area (Å²) in [5, 5.41) is 32.0. The molecule has 3 heterocycles. The smallest absolute Gasteiger partial charge is 0.393 e. The molecular formula is C26H44ClN6O8PS. The van der Waals surface area contributed by atoms with Crippen LogP contribution in [-0.2, 0) is 41.6 Å². The number of halogens is 1. The van der Waals surface area contributed by atoms with Crippen LogP contribution >= 0.6 is 30.8 Å². The molecule has 17 heteroatoms. The third-order valence-electron chi connectivity index (χ3n) is 6.62. The van der Waals surface area contributed by atoms with Gasteiger partial charge in [0, 0.05) is 20.2 Å². The van der Waals surface area contributed by atoms with E-state index in [-0.39, 0.29) is 48.8 Å². The van der Waals surface area contributed by atoms with Crippen molar-refractivity contribution in [3.8, 4) is 0 Å². The van der Waals surface area contributed by atoms with Crippen molar-refractivity contribution >= 4 is 41.8 Å². The largest absolute Gasteiger partial charge is 0.476 e. The molecule has 3 rings (SSSR count).